The summed E-state index contributed by atoms with van der Waals surface area (Å²) in [6, 6.07) is 17.1. The number of benzene rings is 2. The van der Waals surface area contributed by atoms with Crippen LogP contribution in [0.5, 0.6) is 0 Å². The second-order valence-corrected chi connectivity index (χ2v) is 6.51. The molecule has 0 fully saturated rings. The molecule has 0 aliphatic heterocycles. The molecule has 0 saturated carbocycles. The minimum atomic E-state index is -4.27. The van der Waals surface area contributed by atoms with Crippen molar-refractivity contribution >= 4 is 10.9 Å². The van der Waals surface area contributed by atoms with Crippen LogP contribution in [0.1, 0.15) is 16.7 Å². The van der Waals surface area contributed by atoms with Crippen LogP contribution < -0.4 is 0 Å². The Morgan fingerprint density at radius 2 is 1.52 bits per heavy atom. The number of rotatable bonds is 4. The molecule has 1 nitrogen and oxygen atoms in total. The molecule has 0 aliphatic rings. The molecule has 0 heterocycles. The first-order chi connectivity index (χ1) is 10.0. The highest BCUT2D eigenvalue weighted by Gasteiger charge is 2.50. The smallest absolute Gasteiger partial charge is 0.192 e. The number of nitrogens with zero attached hydrogens (tertiary/aromatic N) is 1. The van der Waals surface area contributed by atoms with Crippen LogP contribution in [-0.2, 0) is 22.4 Å². The van der Waals surface area contributed by atoms with Crippen molar-refractivity contribution in [3.8, 4) is 6.07 Å². The Hall–Kier alpha value is -1.93. The summed E-state index contributed by atoms with van der Waals surface area (Å²) < 4.78 is 39.8. The van der Waals surface area contributed by atoms with Gasteiger partial charge in [0.05, 0.1) is 11.6 Å². The minimum absolute atomic E-state index is 0.0515. The highest BCUT2D eigenvalue weighted by molar-refractivity contribution is 7.96. The summed E-state index contributed by atoms with van der Waals surface area (Å²) in [6.07, 6.45) is 0. The quantitative estimate of drug-likeness (QED) is 0.768. The summed E-state index contributed by atoms with van der Waals surface area (Å²) in [5.74, 6) is -0.202. The average Bonchev–Trinajstić information content (AvgIpc) is 2.47. The van der Waals surface area contributed by atoms with Gasteiger partial charge in [0, 0.05) is 11.1 Å². The van der Waals surface area contributed by atoms with E-state index in [9.17, 15) is 13.2 Å². The van der Waals surface area contributed by atoms with E-state index in [0.29, 0.717) is 16.7 Å². The summed E-state index contributed by atoms with van der Waals surface area (Å²) in [5, 5.41) is 9.00. The van der Waals surface area contributed by atoms with E-state index in [0.717, 1.165) is 0 Å². The lowest BCUT2D eigenvalue weighted by Gasteiger charge is -2.12. The van der Waals surface area contributed by atoms with Crippen molar-refractivity contribution in [2.75, 3.05) is 0 Å². The standard InChI is InChI=1S/C16H13F3NS/c17-16(18,19)21(11-13-6-2-1-3-7-13)12-15-9-5-4-8-14(15)10-20/h1-9H,11-12H2/q+1. The molecule has 0 saturated heterocycles. The highest BCUT2D eigenvalue weighted by Crippen LogP contribution is 2.32. The molecule has 0 amide bonds. The van der Waals surface area contributed by atoms with Crippen LogP contribution in [0, 0.1) is 11.3 Å². The Kier molecular flexibility index (Phi) is 4.92. The topological polar surface area (TPSA) is 23.8 Å². The third-order valence-corrected chi connectivity index (χ3v) is 4.97. The summed E-state index contributed by atoms with van der Waals surface area (Å²) in [7, 11) is -1.81. The van der Waals surface area contributed by atoms with Crippen LogP contribution in [0.2, 0.25) is 0 Å². The first-order valence-corrected chi connectivity index (χ1v) is 7.83. The lowest BCUT2D eigenvalue weighted by Crippen LogP contribution is -2.27. The van der Waals surface area contributed by atoms with E-state index in [-0.39, 0.29) is 11.5 Å². The van der Waals surface area contributed by atoms with E-state index in [2.05, 4.69) is 0 Å². The zero-order valence-corrected chi connectivity index (χ0v) is 11.9. The third kappa shape index (κ3) is 4.27. The van der Waals surface area contributed by atoms with Crippen molar-refractivity contribution in [3.05, 3.63) is 71.3 Å². The molecule has 0 aromatic heterocycles. The molecule has 2 rings (SSSR count). The molecule has 0 bridgehead atoms. The van der Waals surface area contributed by atoms with Crippen molar-refractivity contribution < 1.29 is 13.2 Å². The van der Waals surface area contributed by atoms with Crippen LogP contribution in [-0.4, -0.2) is 5.51 Å². The van der Waals surface area contributed by atoms with Crippen LogP contribution >= 0.6 is 0 Å². The molecule has 0 radical (unpaired) electrons. The fourth-order valence-electron chi connectivity index (χ4n) is 1.93. The van der Waals surface area contributed by atoms with E-state index in [1.54, 1.807) is 54.6 Å². The van der Waals surface area contributed by atoms with Crippen molar-refractivity contribution in [1.82, 2.24) is 0 Å². The van der Waals surface area contributed by atoms with Gasteiger partial charge in [0.25, 0.3) is 0 Å². The minimum Gasteiger partial charge on any atom is -0.192 e. The van der Waals surface area contributed by atoms with Crippen LogP contribution in [0.4, 0.5) is 13.2 Å². The Morgan fingerprint density at radius 3 is 2.14 bits per heavy atom. The number of hydrogen-bond donors (Lipinski definition) is 0. The van der Waals surface area contributed by atoms with E-state index < -0.39 is 16.4 Å². The summed E-state index contributed by atoms with van der Waals surface area (Å²) in [5.41, 5.74) is -2.84. The first-order valence-electron chi connectivity index (χ1n) is 6.27. The lowest BCUT2D eigenvalue weighted by atomic mass is 10.1. The number of alkyl halides is 3. The molecule has 1 unspecified atom stereocenters. The van der Waals surface area contributed by atoms with Gasteiger partial charge >= 0.3 is 5.51 Å². The van der Waals surface area contributed by atoms with E-state index >= 15 is 0 Å². The molecule has 0 spiro atoms. The first kappa shape index (κ1) is 15.5. The van der Waals surface area contributed by atoms with Gasteiger partial charge in [0.15, 0.2) is 0 Å². The summed E-state index contributed by atoms with van der Waals surface area (Å²) in [6.45, 7) is 0. The van der Waals surface area contributed by atoms with Gasteiger partial charge in [0.2, 0.25) is 0 Å². The van der Waals surface area contributed by atoms with Crippen LogP contribution in [0.3, 0.4) is 0 Å². The Morgan fingerprint density at radius 1 is 0.905 bits per heavy atom. The molecular weight excluding hydrogens is 295 g/mol. The Bertz CT molecular complexity index is 632. The molecule has 21 heavy (non-hydrogen) atoms. The van der Waals surface area contributed by atoms with Crippen LogP contribution in [0.15, 0.2) is 54.6 Å². The molecular formula is C16H13F3NS+. The molecule has 5 heteroatoms. The Balaban J connectivity index is 2.24. The SMILES string of the molecule is N#Cc1ccccc1C[S+](Cc1ccccc1)C(F)(F)F. The summed E-state index contributed by atoms with van der Waals surface area (Å²) in [4.78, 5) is 0. The fourth-order valence-corrected chi connectivity index (χ4v) is 3.58. The normalized spacial score (nSPS) is 12.7. The van der Waals surface area contributed by atoms with Crippen molar-refractivity contribution in [2.45, 2.75) is 17.0 Å². The van der Waals surface area contributed by atoms with Gasteiger partial charge in [-0.15, -0.1) is 13.2 Å². The molecule has 0 N–H and O–H groups in total. The maximum atomic E-state index is 13.3. The highest BCUT2D eigenvalue weighted by atomic mass is 32.2. The van der Waals surface area contributed by atoms with E-state index in [1.165, 1.54) is 0 Å². The second-order valence-electron chi connectivity index (χ2n) is 4.48. The van der Waals surface area contributed by atoms with Gasteiger partial charge < -0.3 is 0 Å². The van der Waals surface area contributed by atoms with Gasteiger partial charge in [0.1, 0.15) is 22.4 Å². The van der Waals surface area contributed by atoms with Gasteiger partial charge in [-0.25, -0.2) is 0 Å². The molecule has 1 atom stereocenters. The maximum absolute atomic E-state index is 13.3. The van der Waals surface area contributed by atoms with E-state index in [4.69, 9.17) is 5.26 Å². The molecule has 0 aliphatic carbocycles. The zero-order chi connectivity index (χ0) is 15.3. The van der Waals surface area contributed by atoms with Crippen molar-refractivity contribution in [3.63, 3.8) is 0 Å². The predicted molar refractivity (Wildman–Crippen MR) is 78.4 cm³/mol. The molecule has 2 aromatic rings. The Labute approximate surface area is 124 Å². The molecule has 2 aromatic carbocycles. The number of halogens is 3. The van der Waals surface area contributed by atoms with Crippen LogP contribution in [0.25, 0.3) is 0 Å². The summed E-state index contributed by atoms with van der Waals surface area (Å²) >= 11 is 0. The molecule has 108 valence electrons. The largest absolute Gasteiger partial charge is 0.575 e. The zero-order valence-electron chi connectivity index (χ0n) is 11.1. The lowest BCUT2D eigenvalue weighted by molar-refractivity contribution is -0.0373. The number of nitriles is 1. The third-order valence-electron chi connectivity index (χ3n) is 2.98. The monoisotopic (exact) mass is 308 g/mol. The van der Waals surface area contributed by atoms with E-state index in [1.807, 2.05) is 6.07 Å². The van der Waals surface area contributed by atoms with Gasteiger partial charge in [-0.3, -0.25) is 0 Å². The van der Waals surface area contributed by atoms with Gasteiger partial charge in [-0.05, 0) is 6.07 Å². The van der Waals surface area contributed by atoms with Crippen molar-refractivity contribution in [1.29, 1.82) is 5.26 Å². The van der Waals surface area contributed by atoms with Crippen molar-refractivity contribution in [2.24, 2.45) is 0 Å². The fraction of sp³-hybridized carbons (Fsp3) is 0.188. The van der Waals surface area contributed by atoms with Gasteiger partial charge in [-0.1, -0.05) is 48.5 Å². The maximum Gasteiger partial charge on any atom is 0.575 e. The number of hydrogen-bond acceptors (Lipinski definition) is 1. The second kappa shape index (κ2) is 6.68. The predicted octanol–water partition coefficient (Wildman–Crippen LogP) is 4.40. The van der Waals surface area contributed by atoms with Gasteiger partial charge in [-0.2, -0.15) is 5.26 Å². The average molecular weight is 308 g/mol.